The van der Waals surface area contributed by atoms with Crippen LogP contribution in [0.5, 0.6) is 0 Å². The first-order valence-corrected chi connectivity index (χ1v) is 9.71. The number of hydrogen-bond acceptors (Lipinski definition) is 0. The molecule has 0 bridgehead atoms. The molecular formula is C24H24Cl2Zr-2. The van der Waals surface area contributed by atoms with Gasteiger partial charge in [0.05, 0.1) is 0 Å². The average Bonchev–Trinajstić information content (AvgIpc) is 3.26. The van der Waals surface area contributed by atoms with Crippen molar-refractivity contribution < 1.29 is 49.0 Å². The summed E-state index contributed by atoms with van der Waals surface area (Å²) in [6, 6.07) is 31.5. The Morgan fingerprint density at radius 2 is 1.33 bits per heavy atom. The van der Waals surface area contributed by atoms with Gasteiger partial charge in [-0.3, -0.25) is 0 Å². The van der Waals surface area contributed by atoms with E-state index in [2.05, 4.69) is 106 Å². The Kier molecular flexibility index (Phi) is 13.2. The van der Waals surface area contributed by atoms with E-state index in [9.17, 15) is 0 Å². The Morgan fingerprint density at radius 3 is 1.78 bits per heavy atom. The maximum Gasteiger partial charge on any atom is -0.0632 e. The molecule has 0 saturated carbocycles. The number of halogens is 2. The van der Waals surface area contributed by atoms with Crippen molar-refractivity contribution in [3.8, 4) is 0 Å². The van der Waals surface area contributed by atoms with Gasteiger partial charge >= 0.3 is 70.3 Å². The Labute approximate surface area is 190 Å². The van der Waals surface area contributed by atoms with E-state index >= 15 is 0 Å². The smallest absolute Gasteiger partial charge is 0.0632 e. The van der Waals surface area contributed by atoms with Gasteiger partial charge in [0.1, 0.15) is 0 Å². The summed E-state index contributed by atoms with van der Waals surface area (Å²) in [5, 5.41) is 2.66. The molecule has 0 spiro atoms. The van der Waals surface area contributed by atoms with Gasteiger partial charge in [-0.25, -0.2) is 6.07 Å². The molecule has 0 fully saturated rings. The van der Waals surface area contributed by atoms with Crippen LogP contribution in [0.1, 0.15) is 23.6 Å². The normalized spacial score (nSPS) is 8.93. The third kappa shape index (κ3) is 8.98. The van der Waals surface area contributed by atoms with Crippen molar-refractivity contribution in [3.63, 3.8) is 0 Å². The van der Waals surface area contributed by atoms with Gasteiger partial charge < -0.3 is 24.8 Å². The predicted molar refractivity (Wildman–Crippen MR) is 107 cm³/mol. The van der Waals surface area contributed by atoms with Crippen molar-refractivity contribution in [2.24, 2.45) is 0 Å². The number of aryl methyl sites for hydroxylation is 2. The molecular weight excluding hydrogens is 450 g/mol. The van der Waals surface area contributed by atoms with Gasteiger partial charge in [-0.05, 0) is 0 Å². The van der Waals surface area contributed by atoms with E-state index in [1.54, 1.807) is 0 Å². The fraction of sp³-hybridized carbons (Fsp3) is 0.125. The summed E-state index contributed by atoms with van der Waals surface area (Å²) in [7, 11) is 0. The molecule has 4 aromatic rings. The minimum absolute atomic E-state index is 0. The van der Waals surface area contributed by atoms with Gasteiger partial charge in [-0.15, -0.1) is 29.7 Å². The third-order valence-corrected chi connectivity index (χ3v) is 4.78. The maximum atomic E-state index is 2.16. The molecule has 0 amide bonds. The molecule has 0 radical (unpaired) electrons. The van der Waals surface area contributed by atoms with Gasteiger partial charge in [-0.1, -0.05) is 19.9 Å². The molecule has 0 unspecified atom stereocenters. The summed E-state index contributed by atoms with van der Waals surface area (Å²) in [5.41, 5.74) is 4.15. The fourth-order valence-electron chi connectivity index (χ4n) is 2.36. The van der Waals surface area contributed by atoms with Crippen molar-refractivity contribution in [1.29, 1.82) is 0 Å². The standard InChI is InChI=1S/C9H7.C8H8.C7H9.2ClH.Zr/c1-2-5-9-7-3-6-8(9)4-1;1-2-8-6-4-3-5-7-8;1-6-4-3-5-7(6)2;;;/h1-7H;3-7H,1H3;3-5H,1-2H3;2*1H;/q-1;;-1;;;+2/p-2. The van der Waals surface area contributed by atoms with Crippen LogP contribution in [0.2, 0.25) is 0 Å². The van der Waals surface area contributed by atoms with Crippen molar-refractivity contribution in [2.75, 3.05) is 0 Å². The van der Waals surface area contributed by atoms with Gasteiger partial charge in [0, 0.05) is 0 Å². The first-order valence-electron chi connectivity index (χ1n) is 8.48. The zero-order valence-electron chi connectivity index (χ0n) is 15.9. The van der Waals surface area contributed by atoms with E-state index in [4.69, 9.17) is 0 Å². The summed E-state index contributed by atoms with van der Waals surface area (Å²) >= 11 is 1.51. The molecule has 4 aromatic carbocycles. The molecule has 0 atom stereocenters. The van der Waals surface area contributed by atoms with E-state index < -0.39 is 0 Å². The van der Waals surface area contributed by atoms with Crippen LogP contribution in [0.3, 0.4) is 0 Å². The zero-order valence-corrected chi connectivity index (χ0v) is 19.9. The SMILES string of the molecule is C[C](=[Zr+2])c1ccccc1.Cc1cc[cH-]c1C.[Cl-].[Cl-].c1ccc2[cH-]ccc2c1. The second-order valence-electron chi connectivity index (χ2n) is 6.04. The fourth-order valence-corrected chi connectivity index (χ4v) is 2.77. The molecule has 0 heterocycles. The Balaban J connectivity index is 0.000000365. The largest absolute Gasteiger partial charge is 1.00 e. The minimum atomic E-state index is 0. The van der Waals surface area contributed by atoms with Crippen molar-refractivity contribution in [3.05, 3.63) is 108 Å². The third-order valence-electron chi connectivity index (χ3n) is 4.07. The second kappa shape index (κ2) is 13.8. The average molecular weight is 475 g/mol. The molecule has 4 rings (SSSR count). The van der Waals surface area contributed by atoms with E-state index in [1.165, 1.54) is 54.9 Å². The molecule has 0 aliphatic heterocycles. The molecule has 0 aliphatic rings. The second-order valence-corrected chi connectivity index (χ2v) is 7.88. The zero-order chi connectivity index (χ0) is 18.1. The molecule has 0 nitrogen and oxygen atoms in total. The summed E-state index contributed by atoms with van der Waals surface area (Å²) in [6.45, 7) is 6.40. The number of benzene rings is 2. The van der Waals surface area contributed by atoms with Gasteiger partial charge in [-0.2, -0.15) is 40.8 Å². The molecule has 0 aromatic heterocycles. The molecule has 0 N–H and O–H groups in total. The van der Waals surface area contributed by atoms with Crippen molar-refractivity contribution in [1.82, 2.24) is 0 Å². The Hall–Kier alpha value is -1.27. The van der Waals surface area contributed by atoms with Crippen LogP contribution < -0.4 is 24.8 Å². The summed E-state index contributed by atoms with van der Waals surface area (Å²) in [6.07, 6.45) is 0. The van der Waals surface area contributed by atoms with Crippen LogP contribution in [0.4, 0.5) is 0 Å². The van der Waals surface area contributed by atoms with Crippen molar-refractivity contribution >= 4 is 14.0 Å². The van der Waals surface area contributed by atoms with Crippen LogP contribution in [0.15, 0.2) is 91.0 Å². The van der Waals surface area contributed by atoms with E-state index in [0.29, 0.717) is 0 Å². The van der Waals surface area contributed by atoms with Crippen LogP contribution in [-0.2, 0) is 24.2 Å². The summed E-state index contributed by atoms with van der Waals surface area (Å²) in [5.74, 6) is 0. The summed E-state index contributed by atoms with van der Waals surface area (Å²) < 4.78 is 1.46. The van der Waals surface area contributed by atoms with Crippen LogP contribution >= 0.6 is 0 Å². The van der Waals surface area contributed by atoms with E-state index in [0.717, 1.165) is 0 Å². The Bertz CT molecular complexity index is 857. The van der Waals surface area contributed by atoms with Crippen LogP contribution in [-0.4, -0.2) is 3.21 Å². The predicted octanol–water partition coefficient (Wildman–Crippen LogP) is 0.363. The van der Waals surface area contributed by atoms with E-state index in [-0.39, 0.29) is 24.8 Å². The monoisotopic (exact) mass is 472 g/mol. The number of fused-ring (bicyclic) bond motifs is 1. The van der Waals surface area contributed by atoms with Gasteiger partial charge in [0.25, 0.3) is 0 Å². The quantitative estimate of drug-likeness (QED) is 0.350. The first kappa shape index (κ1) is 25.7. The molecule has 0 aliphatic carbocycles. The van der Waals surface area contributed by atoms with Crippen LogP contribution in [0.25, 0.3) is 10.8 Å². The molecule has 140 valence electrons. The Morgan fingerprint density at radius 1 is 0.741 bits per heavy atom. The van der Waals surface area contributed by atoms with E-state index in [1.807, 2.05) is 6.07 Å². The summed E-state index contributed by atoms with van der Waals surface area (Å²) in [4.78, 5) is 0. The number of hydrogen-bond donors (Lipinski definition) is 0. The first-order chi connectivity index (χ1) is 12.1. The van der Waals surface area contributed by atoms with Gasteiger partial charge in [0.15, 0.2) is 0 Å². The minimum Gasteiger partial charge on any atom is -1.00 e. The van der Waals surface area contributed by atoms with Gasteiger partial charge in [0.2, 0.25) is 0 Å². The van der Waals surface area contributed by atoms with Crippen molar-refractivity contribution in [2.45, 2.75) is 20.8 Å². The molecule has 0 saturated heterocycles. The maximum absolute atomic E-state index is 2.16. The molecule has 27 heavy (non-hydrogen) atoms. The van der Waals surface area contributed by atoms with Crippen LogP contribution in [0, 0.1) is 13.8 Å². The molecule has 3 heteroatoms. The number of rotatable bonds is 1. The topological polar surface area (TPSA) is 0 Å².